The number of para-hydroxylation sites is 2. The number of aromatic hydroxyl groups is 1. The van der Waals surface area contributed by atoms with Gasteiger partial charge in [0.2, 0.25) is 0 Å². The molecule has 3 unspecified atom stereocenters. The summed E-state index contributed by atoms with van der Waals surface area (Å²) >= 11 is 0. The first-order chi connectivity index (χ1) is 12.1. The van der Waals surface area contributed by atoms with Crippen LogP contribution in [0.1, 0.15) is 25.5 Å². The van der Waals surface area contributed by atoms with Crippen molar-refractivity contribution in [3.63, 3.8) is 0 Å². The molecular weight excluding hydrogens is 320 g/mol. The molecule has 2 aromatic rings. The Balaban J connectivity index is 1.87. The normalized spacial score (nSPS) is 22.6. The highest BCUT2D eigenvalue weighted by atomic mass is 16.5. The number of rotatable bonds is 6. The fourth-order valence-corrected chi connectivity index (χ4v) is 2.98. The molecule has 1 saturated heterocycles. The van der Waals surface area contributed by atoms with Crippen LogP contribution >= 0.6 is 0 Å². The largest absolute Gasteiger partial charge is 0.507 e. The zero-order valence-electron chi connectivity index (χ0n) is 14.7. The summed E-state index contributed by atoms with van der Waals surface area (Å²) in [6, 6.07) is 12.7. The molecule has 0 amide bonds. The van der Waals surface area contributed by atoms with E-state index in [2.05, 4.69) is 10.9 Å². The number of hydrazine groups is 1. The van der Waals surface area contributed by atoms with E-state index in [1.54, 1.807) is 13.2 Å². The van der Waals surface area contributed by atoms with Gasteiger partial charge < -0.3 is 19.3 Å². The average molecular weight is 344 g/mol. The minimum atomic E-state index is -0.221. The zero-order valence-corrected chi connectivity index (χ0v) is 14.7. The highest BCUT2D eigenvalue weighted by Crippen LogP contribution is 2.36. The van der Waals surface area contributed by atoms with Gasteiger partial charge >= 0.3 is 0 Å². The van der Waals surface area contributed by atoms with Gasteiger partial charge in [-0.1, -0.05) is 12.1 Å². The Labute approximate surface area is 147 Å². The second kappa shape index (κ2) is 7.63. The molecule has 1 aliphatic heterocycles. The predicted molar refractivity (Wildman–Crippen MR) is 95.2 cm³/mol. The maximum absolute atomic E-state index is 10.4. The summed E-state index contributed by atoms with van der Waals surface area (Å²) in [5.74, 6) is 2.17. The maximum atomic E-state index is 10.4. The monoisotopic (exact) mass is 344 g/mol. The topological polar surface area (TPSA) is 72.0 Å². The predicted octanol–water partition coefficient (Wildman–Crippen LogP) is 2.78. The molecule has 1 aliphatic rings. The summed E-state index contributed by atoms with van der Waals surface area (Å²) in [7, 11) is 1.57. The smallest absolute Gasteiger partial charge is 0.161 e. The zero-order chi connectivity index (χ0) is 17.8. The van der Waals surface area contributed by atoms with E-state index in [-0.39, 0.29) is 23.9 Å². The Morgan fingerprint density at radius 2 is 1.84 bits per heavy atom. The van der Waals surface area contributed by atoms with Gasteiger partial charge in [-0.15, -0.1) is 0 Å². The van der Waals surface area contributed by atoms with E-state index in [1.165, 1.54) is 0 Å². The lowest BCUT2D eigenvalue weighted by Crippen LogP contribution is -2.33. The highest BCUT2D eigenvalue weighted by Gasteiger charge is 2.38. The van der Waals surface area contributed by atoms with Crippen LogP contribution in [0.2, 0.25) is 0 Å². The molecule has 0 saturated carbocycles. The van der Waals surface area contributed by atoms with Crippen LogP contribution in [0.3, 0.4) is 0 Å². The lowest BCUT2D eigenvalue weighted by Gasteiger charge is -2.24. The van der Waals surface area contributed by atoms with E-state index in [4.69, 9.17) is 14.2 Å². The van der Waals surface area contributed by atoms with Gasteiger partial charge in [-0.25, -0.2) is 5.43 Å². The van der Waals surface area contributed by atoms with E-state index < -0.39 is 0 Å². The summed E-state index contributed by atoms with van der Waals surface area (Å²) in [4.78, 5) is 0. The van der Waals surface area contributed by atoms with E-state index in [0.29, 0.717) is 23.9 Å². The van der Waals surface area contributed by atoms with E-state index in [0.717, 1.165) is 5.56 Å². The minimum absolute atomic E-state index is 0.0428. The van der Waals surface area contributed by atoms with Crippen molar-refractivity contribution in [3.05, 3.63) is 48.0 Å². The van der Waals surface area contributed by atoms with Crippen LogP contribution in [-0.4, -0.2) is 31.0 Å². The molecule has 0 aromatic heterocycles. The summed E-state index contributed by atoms with van der Waals surface area (Å²) < 4.78 is 17.1. The van der Waals surface area contributed by atoms with Crippen molar-refractivity contribution >= 4 is 0 Å². The molecule has 1 heterocycles. The first kappa shape index (κ1) is 17.4. The molecule has 3 atom stereocenters. The number of hydrogen-bond donors (Lipinski definition) is 3. The number of phenolic OH excluding ortho intramolecular Hbond substituents is 1. The van der Waals surface area contributed by atoms with Gasteiger partial charge in [0.05, 0.1) is 25.8 Å². The number of hydrogen-bond acceptors (Lipinski definition) is 6. The van der Waals surface area contributed by atoms with Gasteiger partial charge in [0.25, 0.3) is 0 Å². The number of methoxy groups -OCH3 is 1. The second-order valence-corrected chi connectivity index (χ2v) is 5.94. The summed E-state index contributed by atoms with van der Waals surface area (Å²) in [6.45, 7) is 4.54. The quantitative estimate of drug-likeness (QED) is 0.748. The number of phenols is 1. The maximum Gasteiger partial charge on any atom is 0.161 e. The van der Waals surface area contributed by atoms with Crippen LogP contribution in [0.15, 0.2) is 42.5 Å². The van der Waals surface area contributed by atoms with Crippen molar-refractivity contribution in [1.82, 2.24) is 10.9 Å². The van der Waals surface area contributed by atoms with E-state index in [9.17, 15) is 5.11 Å². The van der Waals surface area contributed by atoms with Gasteiger partial charge in [0, 0.05) is 11.6 Å². The van der Waals surface area contributed by atoms with Crippen molar-refractivity contribution in [2.75, 3.05) is 13.7 Å². The molecule has 25 heavy (non-hydrogen) atoms. The Kier molecular flexibility index (Phi) is 5.31. The third-order valence-electron chi connectivity index (χ3n) is 4.27. The molecular formula is C19H24N2O4. The Morgan fingerprint density at radius 3 is 2.52 bits per heavy atom. The third-order valence-corrected chi connectivity index (χ3v) is 4.27. The number of ether oxygens (including phenoxy) is 3. The van der Waals surface area contributed by atoms with Crippen LogP contribution in [0.4, 0.5) is 0 Å². The van der Waals surface area contributed by atoms with Gasteiger partial charge in [0.1, 0.15) is 17.6 Å². The van der Waals surface area contributed by atoms with Gasteiger partial charge in [0.15, 0.2) is 11.5 Å². The first-order valence-electron chi connectivity index (χ1n) is 8.40. The second-order valence-electron chi connectivity index (χ2n) is 5.94. The standard InChI is InChI=1S/C19H24N2O4/c1-4-24-16-7-5-6-8-17(16)25-19-12(2)20-21-18(19)14-10-9-13(23-3)11-15(14)22/h5-12,18-22H,4H2,1-3H3. The Hall–Kier alpha value is -2.44. The van der Waals surface area contributed by atoms with Crippen molar-refractivity contribution in [2.24, 2.45) is 0 Å². The SMILES string of the molecule is CCOc1ccccc1OC1C(C)NNC1c1ccc(OC)cc1O. The molecule has 0 aliphatic carbocycles. The number of nitrogens with one attached hydrogen (secondary N) is 2. The molecule has 3 N–H and O–H groups in total. The van der Waals surface area contributed by atoms with Crippen molar-refractivity contribution in [1.29, 1.82) is 0 Å². The molecule has 6 heteroatoms. The number of benzene rings is 2. The average Bonchev–Trinajstić information content (AvgIpc) is 2.97. The van der Waals surface area contributed by atoms with E-state index >= 15 is 0 Å². The summed E-state index contributed by atoms with van der Waals surface area (Å²) in [6.07, 6.45) is -0.221. The van der Waals surface area contributed by atoms with Gasteiger partial charge in [-0.2, -0.15) is 0 Å². The molecule has 2 aromatic carbocycles. The fourth-order valence-electron chi connectivity index (χ4n) is 2.98. The lowest BCUT2D eigenvalue weighted by atomic mass is 9.98. The van der Waals surface area contributed by atoms with Crippen LogP contribution in [0.5, 0.6) is 23.0 Å². The molecule has 3 rings (SSSR count). The summed E-state index contributed by atoms with van der Waals surface area (Å²) in [5, 5.41) is 10.4. The van der Waals surface area contributed by atoms with E-state index in [1.807, 2.05) is 50.2 Å². The van der Waals surface area contributed by atoms with Crippen LogP contribution in [-0.2, 0) is 0 Å². The highest BCUT2D eigenvalue weighted by molar-refractivity contribution is 5.44. The molecule has 1 fully saturated rings. The molecule has 134 valence electrons. The van der Waals surface area contributed by atoms with Crippen LogP contribution in [0.25, 0.3) is 0 Å². The van der Waals surface area contributed by atoms with Crippen molar-refractivity contribution < 1.29 is 19.3 Å². The van der Waals surface area contributed by atoms with Gasteiger partial charge in [-0.05, 0) is 38.1 Å². The molecule has 6 nitrogen and oxygen atoms in total. The van der Waals surface area contributed by atoms with Gasteiger partial charge in [-0.3, -0.25) is 5.43 Å². The van der Waals surface area contributed by atoms with Crippen molar-refractivity contribution in [3.8, 4) is 23.0 Å². The lowest BCUT2D eigenvalue weighted by molar-refractivity contribution is 0.162. The van der Waals surface area contributed by atoms with Crippen LogP contribution < -0.4 is 25.1 Å². The molecule has 0 radical (unpaired) electrons. The third kappa shape index (κ3) is 3.65. The Bertz CT molecular complexity index is 722. The molecule has 0 bridgehead atoms. The fraction of sp³-hybridized carbons (Fsp3) is 0.368. The van der Waals surface area contributed by atoms with Crippen LogP contribution in [0, 0.1) is 0 Å². The minimum Gasteiger partial charge on any atom is -0.507 e. The molecule has 0 spiro atoms. The summed E-state index contributed by atoms with van der Waals surface area (Å²) in [5.41, 5.74) is 7.14. The first-order valence-corrected chi connectivity index (χ1v) is 8.40. The Morgan fingerprint density at radius 1 is 1.08 bits per heavy atom. The van der Waals surface area contributed by atoms with Crippen molar-refractivity contribution in [2.45, 2.75) is 32.0 Å².